The average Bonchev–Trinajstić information content (AvgIpc) is 3.59. The number of amides is 3. The van der Waals surface area contributed by atoms with Crippen LogP contribution in [-0.2, 0) is 22.6 Å². The Labute approximate surface area is 234 Å². The van der Waals surface area contributed by atoms with E-state index in [1.807, 2.05) is 24.3 Å². The molecule has 1 aliphatic rings. The van der Waals surface area contributed by atoms with Crippen molar-refractivity contribution in [3.63, 3.8) is 0 Å². The highest BCUT2D eigenvalue weighted by Gasteiger charge is 2.29. The van der Waals surface area contributed by atoms with Crippen LogP contribution in [0, 0.1) is 6.92 Å². The first-order valence-corrected chi connectivity index (χ1v) is 13.7. The van der Waals surface area contributed by atoms with Crippen LogP contribution in [-0.4, -0.2) is 70.3 Å². The molecule has 1 unspecified atom stereocenters. The lowest BCUT2D eigenvalue weighted by Gasteiger charge is -2.35. The molecule has 1 N–H and O–H groups in total. The van der Waals surface area contributed by atoms with Gasteiger partial charge in [0.05, 0.1) is 18.0 Å². The molecule has 0 aliphatic carbocycles. The van der Waals surface area contributed by atoms with Gasteiger partial charge in [0, 0.05) is 32.4 Å². The number of rotatable bonds is 10. The zero-order chi connectivity index (χ0) is 28.6. The molecule has 1 saturated heterocycles. The van der Waals surface area contributed by atoms with Gasteiger partial charge < -0.3 is 29.0 Å². The topological polar surface area (TPSA) is 119 Å². The molecule has 0 bridgehead atoms. The number of aromatic nitrogens is 2. The van der Waals surface area contributed by atoms with Crippen molar-refractivity contribution in [2.45, 2.75) is 53.2 Å². The van der Waals surface area contributed by atoms with E-state index in [-0.39, 0.29) is 24.4 Å². The molecule has 40 heavy (non-hydrogen) atoms. The van der Waals surface area contributed by atoms with E-state index in [4.69, 9.17) is 13.9 Å². The molecule has 1 atom stereocenters. The largest absolute Gasteiger partial charge is 0.486 e. The molecule has 1 fully saturated rings. The lowest BCUT2D eigenvalue weighted by molar-refractivity contribution is -0.136. The van der Waals surface area contributed by atoms with Gasteiger partial charge in [-0.05, 0) is 57.0 Å². The fraction of sp³-hybridized carbons (Fsp3) is 0.448. The van der Waals surface area contributed by atoms with Crippen LogP contribution in [0.5, 0.6) is 5.75 Å². The van der Waals surface area contributed by atoms with Crippen LogP contribution >= 0.6 is 0 Å². The molecule has 11 heteroatoms. The highest BCUT2D eigenvalue weighted by molar-refractivity contribution is 6.02. The third kappa shape index (κ3) is 7.02. The number of ether oxygens (including phenoxy) is 2. The molecule has 3 aromatic rings. The Hall–Kier alpha value is -4.28. The van der Waals surface area contributed by atoms with Crippen molar-refractivity contribution in [3.8, 4) is 5.75 Å². The first kappa shape index (κ1) is 28.7. The van der Waals surface area contributed by atoms with Crippen LogP contribution in [0.15, 0.2) is 47.0 Å². The molecule has 1 aliphatic heterocycles. The van der Waals surface area contributed by atoms with E-state index in [9.17, 15) is 14.4 Å². The number of furan rings is 1. The van der Waals surface area contributed by atoms with Gasteiger partial charge in [-0.3, -0.25) is 14.3 Å². The maximum Gasteiger partial charge on any atom is 0.409 e. The number of piperazine rings is 1. The molecule has 4 rings (SSSR count). The van der Waals surface area contributed by atoms with Crippen molar-refractivity contribution < 1.29 is 28.3 Å². The Morgan fingerprint density at radius 3 is 2.40 bits per heavy atom. The maximum atomic E-state index is 13.1. The van der Waals surface area contributed by atoms with Gasteiger partial charge in [0.2, 0.25) is 5.91 Å². The first-order valence-electron chi connectivity index (χ1n) is 13.7. The Kier molecular flexibility index (Phi) is 9.47. The molecule has 3 heterocycles. The van der Waals surface area contributed by atoms with Gasteiger partial charge in [0.25, 0.3) is 5.91 Å². The second-order valence-corrected chi connectivity index (χ2v) is 9.70. The summed E-state index contributed by atoms with van der Waals surface area (Å²) in [6.07, 6.45) is 3.39. The van der Waals surface area contributed by atoms with Crippen LogP contribution < -0.4 is 10.1 Å². The van der Waals surface area contributed by atoms with Crippen molar-refractivity contribution >= 4 is 23.6 Å². The van der Waals surface area contributed by atoms with E-state index in [2.05, 4.69) is 17.3 Å². The third-order valence-corrected chi connectivity index (χ3v) is 6.76. The Morgan fingerprint density at radius 2 is 1.73 bits per heavy atom. The van der Waals surface area contributed by atoms with Gasteiger partial charge in [0.15, 0.2) is 5.76 Å². The number of carbonyl (C=O) groups is 3. The maximum absolute atomic E-state index is 13.1. The van der Waals surface area contributed by atoms with Crippen molar-refractivity contribution in [1.82, 2.24) is 19.6 Å². The minimum atomic E-state index is -0.582. The molecule has 2 aromatic heterocycles. The Bertz CT molecular complexity index is 1310. The summed E-state index contributed by atoms with van der Waals surface area (Å²) in [5.74, 6) is 0.867. The lowest BCUT2D eigenvalue weighted by atomic mass is 10.1. The summed E-state index contributed by atoms with van der Waals surface area (Å²) in [6, 6.07) is 10.7. The predicted molar refractivity (Wildman–Crippen MR) is 148 cm³/mol. The lowest BCUT2D eigenvalue weighted by Crippen LogP contribution is -2.52. The van der Waals surface area contributed by atoms with E-state index < -0.39 is 11.9 Å². The van der Waals surface area contributed by atoms with Gasteiger partial charge >= 0.3 is 6.09 Å². The first-order chi connectivity index (χ1) is 19.3. The number of hydrogen-bond donors (Lipinski definition) is 1. The second kappa shape index (κ2) is 13.2. The summed E-state index contributed by atoms with van der Waals surface area (Å²) in [7, 11) is 0. The monoisotopic (exact) mass is 551 g/mol. The van der Waals surface area contributed by atoms with Crippen LogP contribution in [0.2, 0.25) is 0 Å². The number of hydrogen-bond acceptors (Lipinski definition) is 7. The molecule has 0 saturated carbocycles. The highest BCUT2D eigenvalue weighted by atomic mass is 16.6. The molecule has 0 spiro atoms. The van der Waals surface area contributed by atoms with Gasteiger partial charge in [-0.2, -0.15) is 5.10 Å². The van der Waals surface area contributed by atoms with Crippen molar-refractivity contribution in [3.05, 3.63) is 65.4 Å². The summed E-state index contributed by atoms with van der Waals surface area (Å²) in [5.41, 5.74) is 2.32. The summed E-state index contributed by atoms with van der Waals surface area (Å²) in [6.45, 7) is 9.60. The Morgan fingerprint density at radius 1 is 1.02 bits per heavy atom. The number of benzene rings is 1. The van der Waals surface area contributed by atoms with E-state index in [1.165, 1.54) is 10.2 Å². The smallest absolute Gasteiger partial charge is 0.409 e. The zero-order valence-electron chi connectivity index (χ0n) is 23.5. The van der Waals surface area contributed by atoms with Crippen molar-refractivity contribution in [2.24, 2.45) is 0 Å². The molecule has 1 aromatic carbocycles. The second-order valence-electron chi connectivity index (χ2n) is 9.70. The molecular formula is C29H37N5O6. The van der Waals surface area contributed by atoms with E-state index >= 15 is 0 Å². The van der Waals surface area contributed by atoms with Crippen LogP contribution in [0.25, 0.3) is 0 Å². The zero-order valence-corrected chi connectivity index (χ0v) is 23.5. The van der Waals surface area contributed by atoms with E-state index in [0.29, 0.717) is 49.9 Å². The van der Waals surface area contributed by atoms with Crippen molar-refractivity contribution in [1.29, 1.82) is 0 Å². The van der Waals surface area contributed by atoms with Gasteiger partial charge in [-0.25, -0.2) is 4.79 Å². The van der Waals surface area contributed by atoms with Crippen LogP contribution in [0.1, 0.15) is 60.8 Å². The van der Waals surface area contributed by atoms with Crippen LogP contribution in [0.4, 0.5) is 10.5 Å². The summed E-state index contributed by atoms with van der Waals surface area (Å²) >= 11 is 0. The van der Waals surface area contributed by atoms with Gasteiger partial charge in [0.1, 0.15) is 24.2 Å². The molecule has 11 nitrogen and oxygen atoms in total. The van der Waals surface area contributed by atoms with Gasteiger partial charge in [-0.1, -0.05) is 25.5 Å². The average molecular weight is 552 g/mol. The summed E-state index contributed by atoms with van der Waals surface area (Å²) < 4.78 is 18.1. The summed E-state index contributed by atoms with van der Waals surface area (Å²) in [4.78, 5) is 41.2. The molecule has 214 valence electrons. The Balaban J connectivity index is 1.30. The minimum absolute atomic E-state index is 0.112. The number of aryl methyl sites for hydroxylation is 2. The number of anilines is 1. The normalized spacial score (nSPS) is 14.1. The fourth-order valence-corrected chi connectivity index (χ4v) is 4.46. The quantitative estimate of drug-likeness (QED) is 0.396. The van der Waals surface area contributed by atoms with Crippen molar-refractivity contribution in [2.75, 3.05) is 38.1 Å². The van der Waals surface area contributed by atoms with E-state index in [1.54, 1.807) is 48.9 Å². The fourth-order valence-electron chi connectivity index (χ4n) is 4.46. The predicted octanol–water partition coefficient (Wildman–Crippen LogP) is 4.43. The minimum Gasteiger partial charge on any atom is -0.486 e. The van der Waals surface area contributed by atoms with Gasteiger partial charge in [-0.15, -0.1) is 0 Å². The molecule has 0 radical (unpaired) electrons. The molecule has 3 amide bonds. The third-order valence-electron chi connectivity index (χ3n) is 6.76. The SMILES string of the molecule is CCCc1ccc(OCc2ccc(C(=O)Nc3cn(C(C)C(=O)N4CCN(C(=O)OCC)CC4)nc3C)o2)cc1. The number of carbonyl (C=O) groups excluding carboxylic acids is 3. The van der Waals surface area contributed by atoms with Crippen LogP contribution in [0.3, 0.4) is 0 Å². The number of nitrogens with zero attached hydrogens (tertiary/aromatic N) is 4. The van der Waals surface area contributed by atoms with E-state index in [0.717, 1.165) is 18.6 Å². The standard InChI is InChI=1S/C29H37N5O6/c1-5-7-22-8-10-23(11-9-22)39-19-24-12-13-26(40-24)27(35)30-25-18-34(31-20(25)3)21(4)28(36)32-14-16-33(17-15-32)29(37)38-6-2/h8-13,18,21H,5-7,14-17,19H2,1-4H3,(H,30,35). The number of nitrogens with one attached hydrogen (secondary N) is 1. The molecular weight excluding hydrogens is 514 g/mol. The summed E-state index contributed by atoms with van der Waals surface area (Å²) in [5, 5.41) is 7.26. The highest BCUT2D eigenvalue weighted by Crippen LogP contribution is 2.21.